The van der Waals surface area contributed by atoms with E-state index in [1.807, 2.05) is 0 Å². The van der Waals surface area contributed by atoms with E-state index in [0.717, 1.165) is 14.0 Å². The molecule has 1 saturated heterocycles. The molecule has 60 heavy (non-hydrogen) atoms. The Hall–Kier alpha value is -4.58. The van der Waals surface area contributed by atoms with Gasteiger partial charge in [0.05, 0.1) is 42.8 Å². The minimum absolute atomic E-state index is 0.0226. The Morgan fingerprint density at radius 2 is 1.60 bits per heavy atom. The molecule has 17 nitrogen and oxygen atoms in total. The number of allylic oxidation sites excluding steroid dienone is 1. The van der Waals surface area contributed by atoms with Crippen LogP contribution in [0.5, 0.6) is 0 Å². The Balaban J connectivity index is 1.74. The second-order valence-corrected chi connectivity index (χ2v) is 19.1. The zero-order chi connectivity index (χ0) is 45.1. The van der Waals surface area contributed by atoms with E-state index in [9.17, 15) is 39.3 Å². The Morgan fingerprint density at radius 1 is 0.983 bits per heavy atom. The number of rotatable bonds is 8. The number of alkyl carbamates (subject to hydrolysis) is 1. The van der Waals surface area contributed by atoms with Crippen molar-refractivity contribution in [3.63, 3.8) is 0 Å². The minimum Gasteiger partial charge on any atom is -0.460 e. The number of hydrogen-bond donors (Lipinski definition) is 4. The zero-order valence-corrected chi connectivity index (χ0v) is 36.3. The summed E-state index contributed by atoms with van der Waals surface area (Å²) >= 11 is 0. The number of carbonyl (C=O) groups excluding carboxylic acids is 6. The Labute approximate surface area is 349 Å². The second-order valence-electron chi connectivity index (χ2n) is 19.1. The molecule has 4 N–H and O–H groups in total. The number of benzene rings is 1. The first kappa shape index (κ1) is 46.5. The van der Waals surface area contributed by atoms with Gasteiger partial charge in [-0.25, -0.2) is 19.2 Å². The van der Waals surface area contributed by atoms with E-state index in [0.29, 0.717) is 0 Å². The lowest BCUT2D eigenvalue weighted by atomic mass is 9.45. The number of amides is 1. The number of fused-ring (bicyclic) bond motifs is 5. The van der Waals surface area contributed by atoms with Crippen molar-refractivity contribution in [2.75, 3.05) is 13.7 Å². The summed E-state index contributed by atoms with van der Waals surface area (Å²) in [6.45, 7) is 16.6. The average Bonchev–Trinajstić information content (AvgIpc) is 3.13. The number of ether oxygens (including phenoxy) is 7. The van der Waals surface area contributed by atoms with Gasteiger partial charge in [-0.2, -0.15) is 0 Å². The number of methoxy groups -OCH3 is 1. The summed E-state index contributed by atoms with van der Waals surface area (Å²) in [6, 6.07) is 6.50. The predicted octanol–water partition coefficient (Wildman–Crippen LogP) is 3.93. The van der Waals surface area contributed by atoms with Crippen LogP contribution in [0.1, 0.15) is 99.4 Å². The van der Waals surface area contributed by atoms with Crippen LogP contribution in [0, 0.1) is 28.1 Å². The van der Waals surface area contributed by atoms with Crippen LogP contribution < -0.4 is 5.32 Å². The predicted molar refractivity (Wildman–Crippen MR) is 209 cm³/mol. The van der Waals surface area contributed by atoms with E-state index in [1.165, 1.54) is 32.9 Å². The van der Waals surface area contributed by atoms with Gasteiger partial charge in [-0.15, -0.1) is 0 Å². The number of esters is 3. The number of nitrogens with one attached hydrogen (secondary N) is 1. The van der Waals surface area contributed by atoms with Gasteiger partial charge < -0.3 is 53.8 Å². The largest absolute Gasteiger partial charge is 0.508 e. The molecule has 332 valence electrons. The SMILES string of the molecule is COC(=O)O[C@@]12CO[C@@H]1C[C@H](O)[C@@]1(C)C(=O)C(OC(C)=O)=C3C(C)[C@@H](OC(=O)[C@H](O)[C@@H](NC(=O)OC(C)(C)C)C(C)(C)C)C[C@@](O)([C@@H](OC(=O)c4ccccc4)C12)C3(C)C. The van der Waals surface area contributed by atoms with E-state index >= 15 is 4.79 Å². The van der Waals surface area contributed by atoms with Crippen LogP contribution in [-0.2, 0) is 47.5 Å². The Kier molecular flexibility index (Phi) is 12.4. The molecule has 5 rings (SSSR count). The lowest BCUT2D eigenvalue weighted by molar-refractivity contribution is -0.343. The van der Waals surface area contributed by atoms with Gasteiger partial charge in [0, 0.05) is 31.1 Å². The molecule has 1 aromatic rings. The molecule has 17 heteroatoms. The number of hydrogen-bond acceptors (Lipinski definition) is 16. The standard InChI is InChI=1S/C43H59NO16/c1-21-24(57-35(50)28(47)31(38(3,4)5)44-36(51)59-39(6,7)8)19-43(53)33(58-34(49)23-16-14-13-15-17-23)30-41(11,32(48)29(56-22(2)45)27(21)40(43,9)10)25(46)18-26-42(30,20-55-26)60-37(52)54-12/h13-17,21,24-26,28,30-31,33,46-47,53H,18-20H2,1-12H3,(H,44,51)/t21?,24-,25-,26+,28+,30?,31+,33-,41+,42-,43+/m0/s1. The highest BCUT2D eigenvalue weighted by molar-refractivity contribution is 6.02. The van der Waals surface area contributed by atoms with Crippen LogP contribution >= 0.6 is 0 Å². The fraction of sp³-hybridized carbons (Fsp3) is 0.674. The minimum atomic E-state index is -2.42. The first-order chi connectivity index (χ1) is 27.6. The Bertz CT molecular complexity index is 1910. The van der Waals surface area contributed by atoms with E-state index < -0.39 is 130 Å². The van der Waals surface area contributed by atoms with E-state index in [2.05, 4.69) is 5.32 Å². The van der Waals surface area contributed by atoms with Crippen molar-refractivity contribution in [2.24, 2.45) is 28.1 Å². The van der Waals surface area contributed by atoms with Gasteiger partial charge >= 0.3 is 30.2 Å². The molecule has 0 aromatic heterocycles. The molecule has 2 unspecified atom stereocenters. The van der Waals surface area contributed by atoms with Crippen molar-refractivity contribution >= 4 is 35.9 Å². The molecule has 0 radical (unpaired) electrons. The highest BCUT2D eigenvalue weighted by Gasteiger charge is 2.78. The Morgan fingerprint density at radius 3 is 2.12 bits per heavy atom. The van der Waals surface area contributed by atoms with Gasteiger partial charge in [-0.3, -0.25) is 9.59 Å². The number of carbonyl (C=O) groups is 6. The molecule has 0 spiro atoms. The molecule has 1 aromatic carbocycles. The van der Waals surface area contributed by atoms with Gasteiger partial charge in [-0.1, -0.05) is 59.7 Å². The van der Waals surface area contributed by atoms with Crippen molar-refractivity contribution in [3.8, 4) is 0 Å². The van der Waals surface area contributed by atoms with Crippen LogP contribution in [0.25, 0.3) is 0 Å². The fourth-order valence-electron chi connectivity index (χ4n) is 9.51. The third-order valence-electron chi connectivity index (χ3n) is 12.7. The van der Waals surface area contributed by atoms with E-state index in [-0.39, 0.29) is 24.2 Å². The second kappa shape index (κ2) is 16.0. The van der Waals surface area contributed by atoms with Crippen LogP contribution in [0.3, 0.4) is 0 Å². The highest BCUT2D eigenvalue weighted by atomic mass is 16.8. The summed E-state index contributed by atoms with van der Waals surface area (Å²) in [5, 5.41) is 39.8. The van der Waals surface area contributed by atoms with Gasteiger partial charge in [0.15, 0.2) is 17.5 Å². The number of aliphatic hydroxyl groups is 3. The lowest BCUT2D eigenvalue weighted by Gasteiger charge is -2.67. The highest BCUT2D eigenvalue weighted by Crippen LogP contribution is 2.65. The van der Waals surface area contributed by atoms with Crippen LogP contribution in [0.2, 0.25) is 0 Å². The molecule has 1 amide bonds. The monoisotopic (exact) mass is 845 g/mol. The summed E-state index contributed by atoms with van der Waals surface area (Å²) in [7, 11) is 1.06. The number of Topliss-reactive ketones (excluding diaryl/α,β-unsaturated/α-hetero) is 1. The number of aliphatic hydroxyl groups excluding tert-OH is 2. The first-order valence-corrected chi connectivity index (χ1v) is 20.0. The van der Waals surface area contributed by atoms with Gasteiger partial charge in [0.25, 0.3) is 0 Å². The molecule has 4 aliphatic rings. The maximum atomic E-state index is 15.4. The molecule has 3 fully saturated rings. The van der Waals surface area contributed by atoms with Crippen molar-refractivity contribution in [2.45, 2.75) is 142 Å². The molecule has 1 heterocycles. The summed E-state index contributed by atoms with van der Waals surface area (Å²) in [5.74, 6) is -7.32. The molecular formula is C43H59NO16. The fourth-order valence-corrected chi connectivity index (χ4v) is 9.51. The average molecular weight is 846 g/mol. The third-order valence-corrected chi connectivity index (χ3v) is 12.7. The zero-order valence-electron chi connectivity index (χ0n) is 36.3. The maximum Gasteiger partial charge on any atom is 0.508 e. The summed E-state index contributed by atoms with van der Waals surface area (Å²) in [4.78, 5) is 82.7. The smallest absolute Gasteiger partial charge is 0.460 e. The summed E-state index contributed by atoms with van der Waals surface area (Å²) in [5.41, 5.74) is -9.96. The van der Waals surface area contributed by atoms with Crippen molar-refractivity contribution in [1.82, 2.24) is 5.32 Å². The first-order valence-electron chi connectivity index (χ1n) is 20.0. The van der Waals surface area contributed by atoms with Gasteiger partial charge in [0.1, 0.15) is 29.5 Å². The van der Waals surface area contributed by atoms with E-state index in [1.54, 1.807) is 66.7 Å². The molecule has 11 atom stereocenters. The molecule has 1 aliphatic heterocycles. The van der Waals surface area contributed by atoms with E-state index in [4.69, 9.17) is 33.2 Å². The number of ketones is 1. The van der Waals surface area contributed by atoms with Gasteiger partial charge in [-0.05, 0) is 50.8 Å². The van der Waals surface area contributed by atoms with Crippen molar-refractivity contribution in [3.05, 3.63) is 47.2 Å². The molecule has 2 bridgehead atoms. The van der Waals surface area contributed by atoms with Crippen molar-refractivity contribution in [1.29, 1.82) is 0 Å². The summed E-state index contributed by atoms with van der Waals surface area (Å²) in [6.07, 6.45) is -10.9. The normalized spacial score (nSPS) is 33.1. The van der Waals surface area contributed by atoms with Crippen LogP contribution in [0.15, 0.2) is 41.7 Å². The molecule has 2 saturated carbocycles. The topological polar surface area (TPSA) is 240 Å². The lowest BCUT2D eigenvalue weighted by Crippen LogP contribution is -2.81. The maximum absolute atomic E-state index is 15.4. The third kappa shape index (κ3) is 8.00. The quantitative estimate of drug-likeness (QED) is 0.214. The van der Waals surface area contributed by atoms with Crippen LogP contribution in [0.4, 0.5) is 9.59 Å². The molecular weight excluding hydrogens is 786 g/mol. The molecule has 3 aliphatic carbocycles. The van der Waals surface area contributed by atoms with Gasteiger partial charge in [0.2, 0.25) is 5.78 Å². The van der Waals surface area contributed by atoms with Crippen LogP contribution in [-0.4, -0.2) is 118 Å². The summed E-state index contributed by atoms with van der Waals surface area (Å²) < 4.78 is 40.2. The van der Waals surface area contributed by atoms with Crippen molar-refractivity contribution < 1.29 is 77.2 Å².